The fourth-order valence-corrected chi connectivity index (χ4v) is 3.73. The van der Waals surface area contributed by atoms with Crippen molar-refractivity contribution >= 4 is 27.5 Å². The van der Waals surface area contributed by atoms with Gasteiger partial charge in [-0.05, 0) is 42.8 Å². The van der Waals surface area contributed by atoms with Crippen molar-refractivity contribution in [1.29, 1.82) is 5.26 Å². The summed E-state index contributed by atoms with van der Waals surface area (Å²) in [6, 6.07) is 17.3. The molecule has 0 spiro atoms. The Bertz CT molecular complexity index is 1110. The van der Waals surface area contributed by atoms with Gasteiger partial charge in [0.25, 0.3) is 0 Å². The van der Waals surface area contributed by atoms with Crippen LogP contribution in [0.4, 0.5) is 0 Å². The molecule has 1 atom stereocenters. The lowest BCUT2D eigenvalue weighted by Crippen LogP contribution is -2.22. The number of hydrogen-bond donors (Lipinski definition) is 1. The average Bonchev–Trinajstić information content (AvgIpc) is 2.97. The predicted molar refractivity (Wildman–Crippen MR) is 107 cm³/mol. The van der Waals surface area contributed by atoms with Gasteiger partial charge in [0.1, 0.15) is 11.6 Å². The molecule has 2 N–H and O–H groups in total. The molecule has 0 radical (unpaired) electrons. The van der Waals surface area contributed by atoms with Crippen LogP contribution in [0.3, 0.4) is 0 Å². The molecule has 1 aliphatic rings. The Balaban J connectivity index is 1.95. The second-order valence-corrected chi connectivity index (χ2v) is 7.52. The van der Waals surface area contributed by atoms with Gasteiger partial charge in [0, 0.05) is 9.50 Å². The van der Waals surface area contributed by atoms with Crippen LogP contribution in [0.1, 0.15) is 22.7 Å². The van der Waals surface area contributed by atoms with Gasteiger partial charge in [0.15, 0.2) is 0 Å². The Labute approximate surface area is 169 Å². The van der Waals surface area contributed by atoms with E-state index in [1.807, 2.05) is 43.3 Å². The molecule has 2 aromatic carbocycles. The van der Waals surface area contributed by atoms with Crippen molar-refractivity contribution in [2.24, 2.45) is 5.73 Å². The van der Waals surface area contributed by atoms with Gasteiger partial charge < -0.3 is 10.5 Å². The van der Waals surface area contributed by atoms with E-state index in [-0.39, 0.29) is 11.8 Å². The van der Waals surface area contributed by atoms with Crippen molar-refractivity contribution in [3.8, 4) is 17.6 Å². The van der Waals surface area contributed by atoms with Crippen LogP contribution < -0.4 is 10.5 Å². The Hall–Kier alpha value is -2.75. The molecule has 27 heavy (non-hydrogen) atoms. The number of halogens is 2. The van der Waals surface area contributed by atoms with Gasteiger partial charge in [-0.1, -0.05) is 45.7 Å². The maximum absolute atomic E-state index is 9.70. The summed E-state index contributed by atoms with van der Waals surface area (Å²) >= 11 is 9.58. The minimum Gasteiger partial charge on any atom is -0.422 e. The van der Waals surface area contributed by atoms with Crippen molar-refractivity contribution in [2.45, 2.75) is 12.8 Å². The average molecular weight is 442 g/mol. The first kappa shape index (κ1) is 17.7. The monoisotopic (exact) mass is 440 g/mol. The number of nitriles is 1. The molecule has 134 valence electrons. The second kappa shape index (κ2) is 6.76. The molecule has 1 aromatic heterocycles. The first-order valence-corrected chi connectivity index (χ1v) is 9.35. The molecule has 7 heteroatoms. The van der Waals surface area contributed by atoms with Gasteiger partial charge in [0.05, 0.1) is 22.9 Å². The minimum atomic E-state index is -0.347. The van der Waals surface area contributed by atoms with Crippen molar-refractivity contribution in [1.82, 2.24) is 9.78 Å². The van der Waals surface area contributed by atoms with Crippen LogP contribution in [-0.4, -0.2) is 9.78 Å². The van der Waals surface area contributed by atoms with Crippen molar-refractivity contribution in [3.05, 3.63) is 86.3 Å². The summed E-state index contributed by atoms with van der Waals surface area (Å²) in [6.45, 7) is 1.89. The number of nitrogens with zero attached hydrogens (tertiary/aromatic N) is 3. The van der Waals surface area contributed by atoms with E-state index in [0.29, 0.717) is 16.5 Å². The number of nitrogens with two attached hydrogens (primary N) is 1. The van der Waals surface area contributed by atoms with Crippen LogP contribution in [0.5, 0.6) is 5.88 Å². The standard InChI is InChI=1S/C20H14BrClN4O/c1-11-17-18(12-5-7-13(21)8-6-12)16(10-23)19(24)27-20(17)26(25-11)15-4-2-3-14(22)9-15/h2-9,18H,24H2,1H3/t18-/m0/s1. The van der Waals surface area contributed by atoms with E-state index in [1.165, 1.54) is 0 Å². The molecule has 0 unspecified atom stereocenters. The van der Waals surface area contributed by atoms with Crippen molar-refractivity contribution in [2.75, 3.05) is 0 Å². The molecule has 0 bridgehead atoms. The van der Waals surface area contributed by atoms with Gasteiger partial charge in [-0.2, -0.15) is 10.4 Å². The molecule has 0 fully saturated rings. The highest BCUT2D eigenvalue weighted by Gasteiger charge is 2.36. The van der Waals surface area contributed by atoms with Crippen LogP contribution >= 0.6 is 27.5 Å². The first-order chi connectivity index (χ1) is 13.0. The normalized spacial score (nSPS) is 15.9. The highest BCUT2D eigenvalue weighted by molar-refractivity contribution is 9.10. The number of hydrogen-bond acceptors (Lipinski definition) is 4. The number of aromatic nitrogens is 2. The maximum atomic E-state index is 9.70. The molecule has 0 saturated carbocycles. The molecule has 0 saturated heterocycles. The third kappa shape index (κ3) is 2.99. The number of fused-ring (bicyclic) bond motifs is 1. The molecular weight excluding hydrogens is 428 g/mol. The molecule has 5 nitrogen and oxygen atoms in total. The number of allylic oxidation sites excluding steroid dienone is 1. The predicted octanol–water partition coefficient (Wildman–Crippen LogP) is 4.81. The summed E-state index contributed by atoms with van der Waals surface area (Å²) in [4.78, 5) is 0. The summed E-state index contributed by atoms with van der Waals surface area (Å²) in [6.07, 6.45) is 0. The summed E-state index contributed by atoms with van der Waals surface area (Å²) in [7, 11) is 0. The molecular formula is C20H14BrClN4O. The fraction of sp³-hybridized carbons (Fsp3) is 0.100. The van der Waals surface area contributed by atoms with E-state index in [0.717, 1.165) is 27.0 Å². The molecule has 2 heterocycles. The first-order valence-electron chi connectivity index (χ1n) is 8.18. The second-order valence-electron chi connectivity index (χ2n) is 6.17. The zero-order chi connectivity index (χ0) is 19.1. The molecule has 4 rings (SSSR count). The topological polar surface area (TPSA) is 76.9 Å². The fourth-order valence-electron chi connectivity index (χ4n) is 3.29. The van der Waals surface area contributed by atoms with E-state index >= 15 is 0 Å². The van der Waals surface area contributed by atoms with Crippen LogP contribution in [-0.2, 0) is 0 Å². The van der Waals surface area contributed by atoms with Crippen molar-refractivity contribution < 1.29 is 4.74 Å². The van der Waals surface area contributed by atoms with E-state index in [2.05, 4.69) is 27.1 Å². The van der Waals surface area contributed by atoms with Crippen LogP contribution in [0.2, 0.25) is 5.02 Å². The highest BCUT2D eigenvalue weighted by atomic mass is 79.9. The van der Waals surface area contributed by atoms with Crippen LogP contribution in [0, 0.1) is 18.3 Å². The maximum Gasteiger partial charge on any atom is 0.229 e. The van der Waals surface area contributed by atoms with E-state index in [4.69, 9.17) is 22.1 Å². The van der Waals surface area contributed by atoms with E-state index in [1.54, 1.807) is 16.8 Å². The molecule has 1 aliphatic heterocycles. The third-order valence-electron chi connectivity index (χ3n) is 4.49. The molecule has 3 aromatic rings. The van der Waals surface area contributed by atoms with Crippen LogP contribution in [0.15, 0.2) is 64.5 Å². The third-order valence-corrected chi connectivity index (χ3v) is 5.25. The lowest BCUT2D eigenvalue weighted by molar-refractivity contribution is 0.367. The van der Waals surface area contributed by atoms with Crippen LogP contribution in [0.25, 0.3) is 5.69 Å². The summed E-state index contributed by atoms with van der Waals surface area (Å²) < 4.78 is 8.47. The summed E-state index contributed by atoms with van der Waals surface area (Å²) in [5, 5.41) is 14.9. The SMILES string of the molecule is Cc1nn(-c2cccc(Cl)c2)c2c1[C@@H](c1ccc(Br)cc1)C(C#N)=C(N)O2. The zero-order valence-corrected chi connectivity index (χ0v) is 16.6. The smallest absolute Gasteiger partial charge is 0.229 e. The summed E-state index contributed by atoms with van der Waals surface area (Å²) in [5.41, 5.74) is 9.76. The van der Waals surface area contributed by atoms with E-state index < -0.39 is 0 Å². The van der Waals surface area contributed by atoms with Gasteiger partial charge in [0.2, 0.25) is 11.8 Å². The number of benzene rings is 2. The Kier molecular flexibility index (Phi) is 4.42. The number of aryl methyl sites for hydroxylation is 1. The Morgan fingerprint density at radius 3 is 2.67 bits per heavy atom. The van der Waals surface area contributed by atoms with Gasteiger partial charge in [-0.15, -0.1) is 0 Å². The molecule has 0 aliphatic carbocycles. The highest BCUT2D eigenvalue weighted by Crippen LogP contribution is 2.44. The Morgan fingerprint density at radius 2 is 2.00 bits per heavy atom. The van der Waals surface area contributed by atoms with Gasteiger partial charge >= 0.3 is 0 Å². The summed E-state index contributed by atoms with van der Waals surface area (Å²) in [5.74, 6) is 0.236. The quantitative estimate of drug-likeness (QED) is 0.619. The lowest BCUT2D eigenvalue weighted by atomic mass is 9.84. The number of rotatable bonds is 2. The zero-order valence-electron chi connectivity index (χ0n) is 14.3. The minimum absolute atomic E-state index is 0.0843. The van der Waals surface area contributed by atoms with E-state index in [9.17, 15) is 5.26 Å². The number of ether oxygens (including phenoxy) is 1. The van der Waals surface area contributed by atoms with Gasteiger partial charge in [-0.3, -0.25) is 0 Å². The van der Waals surface area contributed by atoms with Gasteiger partial charge in [-0.25, -0.2) is 4.68 Å². The Morgan fingerprint density at radius 1 is 1.26 bits per heavy atom. The largest absolute Gasteiger partial charge is 0.422 e. The van der Waals surface area contributed by atoms with Crippen molar-refractivity contribution in [3.63, 3.8) is 0 Å². The molecule has 0 amide bonds. The lowest BCUT2D eigenvalue weighted by Gasteiger charge is -2.25.